The first kappa shape index (κ1) is 24.9. The van der Waals surface area contributed by atoms with Gasteiger partial charge in [-0.25, -0.2) is 4.39 Å². The monoisotopic (exact) mass is 518 g/mol. The Morgan fingerprint density at radius 3 is 2.64 bits per heavy atom. The maximum absolute atomic E-state index is 13.5. The van der Waals surface area contributed by atoms with E-state index < -0.39 is 0 Å². The highest BCUT2D eigenvalue weighted by Crippen LogP contribution is 2.49. The molecular formula is C34H31FN2O2. The highest BCUT2D eigenvalue weighted by molar-refractivity contribution is 5.83. The number of allylic oxidation sites excluding steroid dienone is 2. The lowest BCUT2D eigenvalue weighted by Gasteiger charge is -2.37. The van der Waals surface area contributed by atoms with E-state index in [9.17, 15) is 4.39 Å². The van der Waals surface area contributed by atoms with Crippen molar-refractivity contribution in [2.24, 2.45) is 10.9 Å². The van der Waals surface area contributed by atoms with Gasteiger partial charge in [-0.1, -0.05) is 54.6 Å². The zero-order chi connectivity index (χ0) is 26.6. The van der Waals surface area contributed by atoms with Crippen molar-refractivity contribution in [3.63, 3.8) is 0 Å². The Kier molecular flexibility index (Phi) is 7.13. The summed E-state index contributed by atoms with van der Waals surface area (Å²) >= 11 is 0. The van der Waals surface area contributed by atoms with Crippen molar-refractivity contribution in [1.29, 1.82) is 0 Å². The second kappa shape index (κ2) is 11.2. The number of benzene rings is 4. The van der Waals surface area contributed by atoms with Gasteiger partial charge in [0.25, 0.3) is 0 Å². The van der Waals surface area contributed by atoms with Crippen LogP contribution in [0, 0.1) is 11.7 Å². The number of nitrogens with one attached hydrogen (secondary N) is 1. The molecule has 196 valence electrons. The first-order valence-electron chi connectivity index (χ1n) is 13.5. The number of fused-ring (bicyclic) bond motifs is 3. The van der Waals surface area contributed by atoms with E-state index in [1.165, 1.54) is 28.9 Å². The molecule has 0 aromatic heterocycles. The predicted octanol–water partition coefficient (Wildman–Crippen LogP) is 8.38. The average molecular weight is 519 g/mol. The first-order chi connectivity index (χ1) is 19.2. The minimum absolute atomic E-state index is 0.261. The molecule has 0 saturated carbocycles. The Morgan fingerprint density at radius 1 is 0.923 bits per heavy atom. The minimum Gasteiger partial charge on any atom is -0.490 e. The summed E-state index contributed by atoms with van der Waals surface area (Å²) in [6.07, 6.45) is 7.60. The number of halogens is 1. The maximum atomic E-state index is 13.5. The average Bonchev–Trinajstić information content (AvgIpc) is 3.46. The third kappa shape index (κ3) is 5.44. The lowest BCUT2D eigenvalue weighted by Crippen LogP contribution is -2.28. The van der Waals surface area contributed by atoms with Crippen molar-refractivity contribution in [3.05, 3.63) is 131 Å². The molecule has 4 aromatic rings. The third-order valence-electron chi connectivity index (χ3n) is 7.44. The van der Waals surface area contributed by atoms with Crippen LogP contribution in [0.3, 0.4) is 0 Å². The zero-order valence-corrected chi connectivity index (χ0v) is 21.9. The van der Waals surface area contributed by atoms with Crippen LogP contribution in [0.25, 0.3) is 0 Å². The number of anilines is 1. The van der Waals surface area contributed by atoms with Crippen LogP contribution in [0.5, 0.6) is 11.5 Å². The van der Waals surface area contributed by atoms with E-state index in [0.29, 0.717) is 29.9 Å². The van der Waals surface area contributed by atoms with Gasteiger partial charge in [-0.15, -0.1) is 0 Å². The highest BCUT2D eigenvalue weighted by atomic mass is 19.1. The van der Waals surface area contributed by atoms with Crippen molar-refractivity contribution in [3.8, 4) is 11.5 Å². The number of para-hydroxylation sites is 1. The summed E-state index contributed by atoms with van der Waals surface area (Å²) in [5, 5.41) is 3.79. The van der Waals surface area contributed by atoms with Gasteiger partial charge in [0.1, 0.15) is 12.4 Å². The second-order valence-electron chi connectivity index (χ2n) is 9.97. The van der Waals surface area contributed by atoms with Crippen LogP contribution in [0.15, 0.2) is 108 Å². The van der Waals surface area contributed by atoms with Gasteiger partial charge in [-0.05, 0) is 90.0 Å². The number of hydrogen-bond donors (Lipinski definition) is 1. The van der Waals surface area contributed by atoms with Gasteiger partial charge in [0, 0.05) is 17.8 Å². The summed E-state index contributed by atoms with van der Waals surface area (Å²) in [7, 11) is 0. The smallest absolute Gasteiger partial charge is 0.161 e. The maximum Gasteiger partial charge on any atom is 0.161 e. The van der Waals surface area contributed by atoms with Crippen molar-refractivity contribution in [2.75, 3.05) is 11.9 Å². The van der Waals surface area contributed by atoms with Crippen LogP contribution in [0.4, 0.5) is 15.8 Å². The van der Waals surface area contributed by atoms with Crippen LogP contribution in [0.2, 0.25) is 0 Å². The molecule has 0 fully saturated rings. The van der Waals surface area contributed by atoms with Gasteiger partial charge < -0.3 is 14.8 Å². The molecule has 0 unspecified atom stereocenters. The van der Waals surface area contributed by atoms with Crippen molar-refractivity contribution in [2.45, 2.75) is 31.9 Å². The molecule has 0 saturated heterocycles. The second-order valence-corrected chi connectivity index (χ2v) is 9.97. The minimum atomic E-state index is -0.277. The molecule has 6 rings (SSSR count). The van der Waals surface area contributed by atoms with E-state index in [1.807, 2.05) is 37.4 Å². The van der Waals surface area contributed by atoms with Crippen molar-refractivity contribution >= 4 is 17.6 Å². The molecule has 2 aliphatic rings. The largest absolute Gasteiger partial charge is 0.490 e. The fraction of sp³-hybridized carbons (Fsp3) is 0.206. The van der Waals surface area contributed by atoms with E-state index in [-0.39, 0.29) is 18.5 Å². The predicted molar refractivity (Wildman–Crippen MR) is 155 cm³/mol. The Hall–Kier alpha value is -4.38. The molecule has 0 bridgehead atoms. The molecule has 0 radical (unpaired) electrons. The lowest BCUT2D eigenvalue weighted by atomic mass is 9.77. The summed E-state index contributed by atoms with van der Waals surface area (Å²) in [4.78, 5) is 4.70. The van der Waals surface area contributed by atoms with E-state index >= 15 is 0 Å². The van der Waals surface area contributed by atoms with E-state index in [2.05, 4.69) is 66.0 Å². The lowest BCUT2D eigenvalue weighted by molar-refractivity contribution is 0.269. The highest BCUT2D eigenvalue weighted by Gasteiger charge is 2.37. The van der Waals surface area contributed by atoms with E-state index in [4.69, 9.17) is 14.5 Å². The molecule has 1 N–H and O–H groups in total. The normalized spacial score (nSPS) is 19.4. The number of hydrogen-bond acceptors (Lipinski definition) is 4. The summed E-state index contributed by atoms with van der Waals surface area (Å²) in [6.45, 7) is 2.70. The quantitative estimate of drug-likeness (QED) is 0.188. The SMILES string of the molecule is CCOc1cc(C=Nc2ccc([C@@H]3Nc4ccccc4[C@H]4C=CC[C@H]43)cc2)ccc1OCc1cccc(F)c1. The van der Waals surface area contributed by atoms with Gasteiger partial charge >= 0.3 is 0 Å². The molecule has 3 atom stereocenters. The summed E-state index contributed by atoms with van der Waals surface area (Å²) < 4.78 is 25.2. The Labute approximate surface area is 228 Å². The third-order valence-corrected chi connectivity index (χ3v) is 7.44. The van der Waals surface area contributed by atoms with Crippen molar-refractivity contribution in [1.82, 2.24) is 0 Å². The van der Waals surface area contributed by atoms with E-state index in [1.54, 1.807) is 6.07 Å². The van der Waals surface area contributed by atoms with Crippen LogP contribution < -0.4 is 14.8 Å². The molecule has 4 aromatic carbocycles. The fourth-order valence-electron chi connectivity index (χ4n) is 5.57. The van der Waals surface area contributed by atoms with Crippen LogP contribution >= 0.6 is 0 Å². The van der Waals surface area contributed by atoms with Crippen LogP contribution in [-0.2, 0) is 6.61 Å². The topological polar surface area (TPSA) is 42.8 Å². The fourth-order valence-corrected chi connectivity index (χ4v) is 5.57. The van der Waals surface area contributed by atoms with Gasteiger partial charge in [0.2, 0.25) is 0 Å². The molecule has 1 aliphatic heterocycles. The van der Waals surface area contributed by atoms with Crippen LogP contribution in [0.1, 0.15) is 47.6 Å². The summed E-state index contributed by atoms with van der Waals surface area (Å²) in [5.41, 5.74) is 6.46. The zero-order valence-electron chi connectivity index (χ0n) is 21.9. The van der Waals surface area contributed by atoms with Gasteiger partial charge in [-0.3, -0.25) is 4.99 Å². The number of nitrogens with zero attached hydrogens (tertiary/aromatic N) is 1. The molecule has 0 spiro atoms. The number of aliphatic imine (C=N–C) groups is 1. The van der Waals surface area contributed by atoms with Gasteiger partial charge in [0.15, 0.2) is 11.5 Å². The van der Waals surface area contributed by atoms with Gasteiger partial charge in [0.05, 0.1) is 18.3 Å². The Morgan fingerprint density at radius 2 is 1.79 bits per heavy atom. The molecule has 0 amide bonds. The number of rotatable bonds is 8. The molecule has 1 aliphatic carbocycles. The van der Waals surface area contributed by atoms with E-state index in [0.717, 1.165) is 23.2 Å². The summed E-state index contributed by atoms with van der Waals surface area (Å²) in [5.74, 6) is 1.96. The number of ether oxygens (including phenoxy) is 2. The van der Waals surface area contributed by atoms with Gasteiger partial charge in [-0.2, -0.15) is 0 Å². The first-order valence-corrected chi connectivity index (χ1v) is 13.5. The molecule has 5 heteroatoms. The van der Waals surface area contributed by atoms with Crippen molar-refractivity contribution < 1.29 is 13.9 Å². The Balaban J connectivity index is 1.15. The Bertz CT molecular complexity index is 1510. The van der Waals surface area contributed by atoms with Crippen LogP contribution in [-0.4, -0.2) is 12.8 Å². The molecule has 1 heterocycles. The molecular weight excluding hydrogens is 487 g/mol. The molecule has 39 heavy (non-hydrogen) atoms. The summed E-state index contributed by atoms with van der Waals surface area (Å²) in [6, 6.07) is 29.6. The molecule has 4 nitrogen and oxygen atoms in total. The standard InChI is InChI=1S/C34H31FN2O2/c1-2-38-33-20-23(13-18-32(33)39-22-24-7-5-8-26(35)19-24)21-36-27-16-14-25(15-17-27)34-30-11-6-10-28(30)29-9-3-4-12-31(29)37-34/h3-10,12-21,28,30,34,37H,2,11,22H2,1H3/t28-,30-,34+/m1/s1.